The van der Waals surface area contributed by atoms with Crippen LogP contribution in [0.15, 0.2) is 53.5 Å². The number of carbonyl (C=O) groups excluding carboxylic acids is 1. The number of aliphatic imine (C=N–C) groups is 1. The zero-order chi connectivity index (χ0) is 23.2. The molecule has 0 aliphatic carbocycles. The summed E-state index contributed by atoms with van der Waals surface area (Å²) in [5, 5.41) is 6.63. The first-order valence-electron chi connectivity index (χ1n) is 11.1. The van der Waals surface area contributed by atoms with Crippen molar-refractivity contribution in [1.29, 1.82) is 0 Å². The topological polar surface area (TPSA) is 75.2 Å². The number of hydrogen-bond donors (Lipinski definition) is 2. The highest BCUT2D eigenvalue weighted by Crippen LogP contribution is 2.09. The van der Waals surface area contributed by atoms with E-state index in [0.29, 0.717) is 45.1 Å². The van der Waals surface area contributed by atoms with E-state index in [1.165, 1.54) is 0 Å². The molecule has 2 rings (SSSR count). The third-order valence-electron chi connectivity index (χ3n) is 4.67. The predicted molar refractivity (Wildman–Crippen MR) is 144 cm³/mol. The molecule has 2 aromatic carbocycles. The normalized spacial score (nSPS) is 11.0. The molecule has 0 saturated carbocycles. The Kier molecular flexibility index (Phi) is 14.4. The maximum atomic E-state index is 12.0. The molecule has 0 aliphatic rings. The SMILES string of the molecule is CCNC(=NCc1cccc(COCCOCC)c1)NCc1ccc(C(=O)N(C)C)cc1.I. The smallest absolute Gasteiger partial charge is 0.253 e. The molecule has 182 valence electrons. The van der Waals surface area contributed by atoms with Crippen LogP contribution in [0.5, 0.6) is 0 Å². The molecule has 8 heteroatoms. The molecule has 0 spiro atoms. The number of halogens is 1. The summed E-state index contributed by atoms with van der Waals surface area (Å²) < 4.78 is 10.9. The van der Waals surface area contributed by atoms with E-state index in [1.54, 1.807) is 19.0 Å². The van der Waals surface area contributed by atoms with Gasteiger partial charge in [0.25, 0.3) is 5.91 Å². The van der Waals surface area contributed by atoms with Crippen molar-refractivity contribution >= 4 is 35.8 Å². The molecule has 0 unspecified atom stereocenters. The van der Waals surface area contributed by atoms with Gasteiger partial charge in [-0.3, -0.25) is 4.79 Å². The first kappa shape index (κ1) is 28.9. The second-order valence-corrected chi connectivity index (χ2v) is 7.51. The third kappa shape index (κ3) is 11.0. The summed E-state index contributed by atoms with van der Waals surface area (Å²) in [6, 6.07) is 15.9. The fraction of sp³-hybridized carbons (Fsp3) is 0.440. The molecular weight excluding hydrogens is 531 g/mol. The molecule has 0 saturated heterocycles. The number of nitrogens with one attached hydrogen (secondary N) is 2. The first-order valence-corrected chi connectivity index (χ1v) is 11.1. The fourth-order valence-electron chi connectivity index (χ4n) is 2.99. The highest BCUT2D eigenvalue weighted by molar-refractivity contribution is 14.0. The van der Waals surface area contributed by atoms with Crippen molar-refractivity contribution in [2.75, 3.05) is 40.5 Å². The van der Waals surface area contributed by atoms with E-state index in [2.05, 4.69) is 28.8 Å². The van der Waals surface area contributed by atoms with Crippen molar-refractivity contribution in [3.63, 3.8) is 0 Å². The lowest BCUT2D eigenvalue weighted by atomic mass is 10.1. The summed E-state index contributed by atoms with van der Waals surface area (Å²) in [7, 11) is 3.50. The molecule has 0 radical (unpaired) electrons. The molecule has 7 nitrogen and oxygen atoms in total. The van der Waals surface area contributed by atoms with Crippen molar-refractivity contribution in [3.8, 4) is 0 Å². The Morgan fingerprint density at radius 2 is 1.64 bits per heavy atom. The van der Waals surface area contributed by atoms with Crippen LogP contribution in [0, 0.1) is 0 Å². The molecule has 0 atom stereocenters. The van der Waals surface area contributed by atoms with Crippen molar-refractivity contribution in [1.82, 2.24) is 15.5 Å². The van der Waals surface area contributed by atoms with E-state index in [4.69, 9.17) is 14.5 Å². The van der Waals surface area contributed by atoms with Gasteiger partial charge in [0.2, 0.25) is 0 Å². The molecule has 0 bridgehead atoms. The number of carbonyl (C=O) groups is 1. The maximum absolute atomic E-state index is 12.0. The van der Waals surface area contributed by atoms with Gasteiger partial charge in [-0.15, -0.1) is 24.0 Å². The van der Waals surface area contributed by atoms with E-state index < -0.39 is 0 Å². The second-order valence-electron chi connectivity index (χ2n) is 7.51. The summed E-state index contributed by atoms with van der Waals surface area (Å²) in [4.78, 5) is 18.3. The number of ether oxygens (including phenoxy) is 2. The van der Waals surface area contributed by atoms with Gasteiger partial charge >= 0.3 is 0 Å². The number of nitrogens with zero attached hydrogens (tertiary/aromatic N) is 2. The molecular formula is C25H37IN4O3. The minimum absolute atomic E-state index is 0. The van der Waals surface area contributed by atoms with E-state index >= 15 is 0 Å². The third-order valence-corrected chi connectivity index (χ3v) is 4.67. The van der Waals surface area contributed by atoms with Gasteiger partial charge in [0, 0.05) is 39.4 Å². The minimum atomic E-state index is 0. The van der Waals surface area contributed by atoms with Gasteiger partial charge in [-0.05, 0) is 42.7 Å². The molecule has 1 amide bonds. The number of hydrogen-bond acceptors (Lipinski definition) is 4. The predicted octanol–water partition coefficient (Wildman–Crippen LogP) is 3.81. The Labute approximate surface area is 215 Å². The largest absolute Gasteiger partial charge is 0.379 e. The van der Waals surface area contributed by atoms with E-state index in [9.17, 15) is 4.79 Å². The van der Waals surface area contributed by atoms with Crippen molar-refractivity contribution < 1.29 is 14.3 Å². The maximum Gasteiger partial charge on any atom is 0.253 e. The first-order chi connectivity index (χ1) is 15.5. The van der Waals surface area contributed by atoms with Crippen molar-refractivity contribution in [3.05, 3.63) is 70.8 Å². The van der Waals surface area contributed by atoms with Gasteiger partial charge in [-0.25, -0.2) is 4.99 Å². The van der Waals surface area contributed by atoms with Crippen LogP contribution < -0.4 is 10.6 Å². The lowest BCUT2D eigenvalue weighted by Crippen LogP contribution is -2.36. The molecule has 0 aliphatic heterocycles. The van der Waals surface area contributed by atoms with Crippen LogP contribution in [-0.4, -0.2) is 57.2 Å². The zero-order valence-corrected chi connectivity index (χ0v) is 22.4. The van der Waals surface area contributed by atoms with E-state index in [1.807, 2.05) is 44.2 Å². The highest BCUT2D eigenvalue weighted by Gasteiger charge is 2.07. The average Bonchev–Trinajstić information content (AvgIpc) is 2.81. The second kappa shape index (κ2) is 16.4. The summed E-state index contributed by atoms with van der Waals surface area (Å²) in [5.74, 6) is 0.751. The minimum Gasteiger partial charge on any atom is -0.379 e. The van der Waals surface area contributed by atoms with Crippen LogP contribution in [0.4, 0.5) is 0 Å². The Balaban J connectivity index is 0.00000544. The zero-order valence-electron chi connectivity index (χ0n) is 20.1. The molecule has 2 N–H and O–H groups in total. The van der Waals surface area contributed by atoms with Crippen LogP contribution in [-0.2, 0) is 29.2 Å². The lowest BCUT2D eigenvalue weighted by Gasteiger charge is -2.13. The Morgan fingerprint density at radius 3 is 2.30 bits per heavy atom. The Morgan fingerprint density at radius 1 is 0.939 bits per heavy atom. The number of guanidine groups is 1. The van der Waals surface area contributed by atoms with E-state index in [0.717, 1.165) is 29.2 Å². The van der Waals surface area contributed by atoms with Crippen LogP contribution in [0.25, 0.3) is 0 Å². The lowest BCUT2D eigenvalue weighted by molar-refractivity contribution is 0.0453. The average molecular weight is 569 g/mol. The van der Waals surface area contributed by atoms with Crippen LogP contribution >= 0.6 is 24.0 Å². The number of amides is 1. The highest BCUT2D eigenvalue weighted by atomic mass is 127. The molecule has 0 fully saturated rings. The summed E-state index contributed by atoms with van der Waals surface area (Å²) >= 11 is 0. The molecule has 33 heavy (non-hydrogen) atoms. The standard InChI is InChI=1S/C25H36N4O3.HI/c1-5-26-25(27-17-20-10-12-23(13-11-20)24(30)29(3)4)28-18-21-8-7-9-22(16-21)19-32-15-14-31-6-2;/h7-13,16H,5-6,14-15,17-19H2,1-4H3,(H2,26,27,28);1H. The van der Waals surface area contributed by atoms with Gasteiger partial charge in [0.05, 0.1) is 26.4 Å². The molecule has 2 aromatic rings. The monoisotopic (exact) mass is 568 g/mol. The summed E-state index contributed by atoms with van der Waals surface area (Å²) in [5.41, 5.74) is 4.01. The number of benzene rings is 2. The van der Waals surface area contributed by atoms with Gasteiger partial charge in [-0.2, -0.15) is 0 Å². The van der Waals surface area contributed by atoms with E-state index in [-0.39, 0.29) is 29.9 Å². The number of rotatable bonds is 12. The Bertz CT molecular complexity index is 857. The van der Waals surface area contributed by atoms with Crippen LogP contribution in [0.3, 0.4) is 0 Å². The van der Waals surface area contributed by atoms with Gasteiger partial charge in [-0.1, -0.05) is 36.4 Å². The van der Waals surface area contributed by atoms with Gasteiger partial charge < -0.3 is 25.0 Å². The Hall–Kier alpha value is -2.17. The molecule has 0 heterocycles. The van der Waals surface area contributed by atoms with Gasteiger partial charge in [0.1, 0.15) is 0 Å². The van der Waals surface area contributed by atoms with Crippen LogP contribution in [0.1, 0.15) is 40.9 Å². The quantitative estimate of drug-likeness (QED) is 0.176. The summed E-state index contributed by atoms with van der Waals surface area (Å²) in [6.07, 6.45) is 0. The van der Waals surface area contributed by atoms with Crippen molar-refractivity contribution in [2.45, 2.75) is 33.5 Å². The van der Waals surface area contributed by atoms with Crippen molar-refractivity contribution in [2.24, 2.45) is 4.99 Å². The summed E-state index contributed by atoms with van der Waals surface area (Å²) in [6.45, 7) is 8.46. The van der Waals surface area contributed by atoms with Crippen LogP contribution in [0.2, 0.25) is 0 Å². The fourth-order valence-corrected chi connectivity index (χ4v) is 2.99. The molecule has 0 aromatic heterocycles. The van der Waals surface area contributed by atoms with Gasteiger partial charge in [0.15, 0.2) is 5.96 Å².